The molecule has 0 aliphatic carbocycles. The van der Waals surface area contributed by atoms with Crippen LogP contribution in [0.3, 0.4) is 0 Å². The molecular formula is C16H24BNO4. The highest BCUT2D eigenvalue weighted by Gasteiger charge is 2.52. The first-order valence-corrected chi connectivity index (χ1v) is 7.40. The zero-order valence-electron chi connectivity index (χ0n) is 14.4. The van der Waals surface area contributed by atoms with Gasteiger partial charge in [0.1, 0.15) is 0 Å². The van der Waals surface area contributed by atoms with Crippen LogP contribution in [-0.2, 0) is 14.0 Å². The van der Waals surface area contributed by atoms with Crippen LogP contribution >= 0.6 is 0 Å². The van der Waals surface area contributed by atoms with Gasteiger partial charge in [0.2, 0.25) is 0 Å². The van der Waals surface area contributed by atoms with Crippen molar-refractivity contribution in [1.29, 1.82) is 0 Å². The molecule has 1 aliphatic rings. The van der Waals surface area contributed by atoms with Gasteiger partial charge < -0.3 is 19.4 Å². The third-order valence-corrected chi connectivity index (χ3v) is 4.68. The Labute approximate surface area is 132 Å². The second-order valence-electron chi connectivity index (χ2n) is 6.53. The minimum atomic E-state index is -0.531. The summed E-state index contributed by atoms with van der Waals surface area (Å²) in [5.74, 6) is -0.363. The summed E-state index contributed by atoms with van der Waals surface area (Å²) in [5, 5.41) is 3.14. The molecule has 120 valence electrons. The molecular weight excluding hydrogens is 281 g/mol. The topological polar surface area (TPSA) is 56.8 Å². The summed E-state index contributed by atoms with van der Waals surface area (Å²) in [5.41, 5.74) is 2.17. The number of benzene rings is 1. The fourth-order valence-electron chi connectivity index (χ4n) is 2.54. The van der Waals surface area contributed by atoms with Crippen LogP contribution < -0.4 is 10.8 Å². The van der Waals surface area contributed by atoms with Crippen LogP contribution in [0.15, 0.2) is 12.1 Å². The van der Waals surface area contributed by atoms with Gasteiger partial charge in [-0.05, 0) is 52.3 Å². The summed E-state index contributed by atoms with van der Waals surface area (Å²) >= 11 is 0. The Balaban J connectivity index is 2.53. The van der Waals surface area contributed by atoms with Gasteiger partial charge in [0, 0.05) is 18.2 Å². The molecule has 2 rings (SSSR count). The lowest BCUT2D eigenvalue weighted by atomic mass is 9.73. The molecule has 1 heterocycles. The average molecular weight is 305 g/mol. The third kappa shape index (κ3) is 2.61. The van der Waals surface area contributed by atoms with E-state index >= 15 is 0 Å². The molecule has 0 bridgehead atoms. The highest BCUT2D eigenvalue weighted by Crippen LogP contribution is 2.37. The number of carbonyl (C=O) groups is 1. The number of methoxy groups -OCH3 is 1. The van der Waals surface area contributed by atoms with Crippen LogP contribution in [0, 0.1) is 6.92 Å². The maximum atomic E-state index is 11.9. The van der Waals surface area contributed by atoms with Crippen molar-refractivity contribution in [3.63, 3.8) is 0 Å². The minimum Gasteiger partial charge on any atom is -0.465 e. The van der Waals surface area contributed by atoms with E-state index in [4.69, 9.17) is 14.0 Å². The van der Waals surface area contributed by atoms with Gasteiger partial charge in [0.25, 0.3) is 0 Å². The van der Waals surface area contributed by atoms with Gasteiger partial charge >= 0.3 is 13.1 Å². The Kier molecular flexibility index (Phi) is 4.28. The molecule has 1 aromatic carbocycles. The van der Waals surface area contributed by atoms with E-state index < -0.39 is 18.3 Å². The number of hydrogen-bond donors (Lipinski definition) is 1. The maximum Gasteiger partial charge on any atom is 0.497 e. The zero-order valence-corrected chi connectivity index (χ0v) is 14.4. The monoisotopic (exact) mass is 305 g/mol. The molecule has 5 nitrogen and oxygen atoms in total. The maximum absolute atomic E-state index is 11.9. The fourth-order valence-corrected chi connectivity index (χ4v) is 2.54. The first-order chi connectivity index (χ1) is 10.1. The number of rotatable bonds is 3. The molecule has 1 fully saturated rings. The molecule has 1 aliphatic heterocycles. The fraction of sp³-hybridized carbons (Fsp3) is 0.562. The number of carbonyl (C=O) groups excluding carboxylic acids is 1. The lowest BCUT2D eigenvalue weighted by Gasteiger charge is -2.32. The van der Waals surface area contributed by atoms with Crippen LogP contribution in [0.1, 0.15) is 43.6 Å². The summed E-state index contributed by atoms with van der Waals surface area (Å²) in [6.07, 6.45) is 0. The van der Waals surface area contributed by atoms with Crippen molar-refractivity contribution in [3.8, 4) is 0 Å². The predicted octanol–water partition coefficient (Wildman–Crippen LogP) is 2.12. The van der Waals surface area contributed by atoms with Crippen molar-refractivity contribution in [1.82, 2.24) is 0 Å². The Morgan fingerprint density at radius 1 is 1.18 bits per heavy atom. The summed E-state index contributed by atoms with van der Waals surface area (Å²) in [6, 6.07) is 3.60. The van der Waals surface area contributed by atoms with Crippen molar-refractivity contribution < 1.29 is 18.8 Å². The largest absolute Gasteiger partial charge is 0.497 e. The van der Waals surface area contributed by atoms with Crippen molar-refractivity contribution in [2.24, 2.45) is 0 Å². The van der Waals surface area contributed by atoms with Crippen molar-refractivity contribution in [3.05, 3.63) is 23.3 Å². The Morgan fingerprint density at radius 3 is 2.18 bits per heavy atom. The van der Waals surface area contributed by atoms with Gasteiger partial charge in [0.05, 0.1) is 23.9 Å². The standard InChI is InChI=1S/C16H24BNO4/c1-10-11(14(19)20-7)8-9-12(18-6)13(10)17-21-15(2,3)16(4,5)22-17/h8-9,18H,1-7H3. The SMILES string of the molecule is CNc1ccc(C(=O)OC)c(C)c1B1OC(C)(C)C(C)(C)O1. The number of hydrogen-bond acceptors (Lipinski definition) is 5. The molecule has 22 heavy (non-hydrogen) atoms. The minimum absolute atomic E-state index is 0.363. The third-order valence-electron chi connectivity index (χ3n) is 4.68. The second-order valence-corrected chi connectivity index (χ2v) is 6.53. The van der Waals surface area contributed by atoms with Crippen molar-refractivity contribution in [2.45, 2.75) is 45.8 Å². The Bertz CT molecular complexity index is 582. The Morgan fingerprint density at radius 2 is 1.73 bits per heavy atom. The molecule has 0 amide bonds. The molecule has 0 aromatic heterocycles. The number of esters is 1. The van der Waals surface area contributed by atoms with E-state index in [1.807, 2.05) is 47.7 Å². The molecule has 6 heteroatoms. The van der Waals surface area contributed by atoms with E-state index in [0.717, 1.165) is 16.7 Å². The molecule has 0 radical (unpaired) electrons. The highest BCUT2D eigenvalue weighted by molar-refractivity contribution is 6.64. The van der Waals surface area contributed by atoms with E-state index in [1.54, 1.807) is 6.07 Å². The van der Waals surface area contributed by atoms with E-state index in [9.17, 15) is 4.79 Å². The van der Waals surface area contributed by atoms with Crippen LogP contribution in [0.25, 0.3) is 0 Å². The molecule has 1 aromatic rings. The van der Waals surface area contributed by atoms with Crippen LogP contribution in [0.5, 0.6) is 0 Å². The molecule has 0 unspecified atom stereocenters. The van der Waals surface area contributed by atoms with Crippen LogP contribution in [-0.4, -0.2) is 38.4 Å². The van der Waals surface area contributed by atoms with Crippen LogP contribution in [0.4, 0.5) is 5.69 Å². The van der Waals surface area contributed by atoms with Gasteiger partial charge in [-0.1, -0.05) is 0 Å². The van der Waals surface area contributed by atoms with Crippen LogP contribution in [0.2, 0.25) is 0 Å². The normalized spacial score (nSPS) is 19.1. The molecule has 0 atom stereocenters. The molecule has 0 saturated carbocycles. The first kappa shape index (κ1) is 16.8. The lowest BCUT2D eigenvalue weighted by Crippen LogP contribution is -2.41. The summed E-state index contributed by atoms with van der Waals surface area (Å²) in [6.45, 7) is 9.90. The number of ether oxygens (including phenoxy) is 1. The highest BCUT2D eigenvalue weighted by atomic mass is 16.7. The zero-order chi connectivity index (χ0) is 16.7. The van der Waals surface area contributed by atoms with E-state index in [0.29, 0.717) is 5.56 Å². The number of anilines is 1. The van der Waals surface area contributed by atoms with E-state index in [-0.39, 0.29) is 5.97 Å². The Hall–Kier alpha value is -1.53. The summed E-state index contributed by atoms with van der Waals surface area (Å²) in [7, 11) is 2.68. The quantitative estimate of drug-likeness (QED) is 0.685. The van der Waals surface area contributed by atoms with Crippen molar-refractivity contribution >= 4 is 24.2 Å². The molecule has 1 N–H and O–H groups in total. The average Bonchev–Trinajstić information content (AvgIpc) is 2.65. The number of nitrogens with one attached hydrogen (secondary N) is 1. The predicted molar refractivity (Wildman–Crippen MR) is 87.8 cm³/mol. The lowest BCUT2D eigenvalue weighted by molar-refractivity contribution is 0.00578. The first-order valence-electron chi connectivity index (χ1n) is 7.40. The van der Waals surface area contributed by atoms with E-state index in [1.165, 1.54) is 7.11 Å². The van der Waals surface area contributed by atoms with Gasteiger partial charge in [-0.25, -0.2) is 4.79 Å². The molecule has 0 spiro atoms. The summed E-state index contributed by atoms with van der Waals surface area (Å²) < 4.78 is 17.1. The second kappa shape index (κ2) is 5.59. The van der Waals surface area contributed by atoms with Gasteiger partial charge in [0.15, 0.2) is 0 Å². The van der Waals surface area contributed by atoms with E-state index in [2.05, 4.69) is 5.32 Å². The van der Waals surface area contributed by atoms with Gasteiger partial charge in [-0.2, -0.15) is 0 Å². The van der Waals surface area contributed by atoms with Crippen molar-refractivity contribution in [2.75, 3.05) is 19.5 Å². The summed E-state index contributed by atoms with van der Waals surface area (Å²) in [4.78, 5) is 11.9. The smallest absolute Gasteiger partial charge is 0.465 e. The van der Waals surface area contributed by atoms with Gasteiger partial charge in [-0.15, -0.1) is 0 Å². The van der Waals surface area contributed by atoms with Gasteiger partial charge in [-0.3, -0.25) is 0 Å². The molecule has 1 saturated heterocycles.